The van der Waals surface area contributed by atoms with Crippen LogP contribution in [0, 0.1) is 0 Å². The van der Waals surface area contributed by atoms with E-state index < -0.39 is 0 Å². The molecule has 0 bridgehead atoms. The first-order valence-electron chi connectivity index (χ1n) is 10.3. The molecule has 0 saturated heterocycles. The van der Waals surface area contributed by atoms with Crippen LogP contribution in [0.2, 0.25) is 0 Å². The number of hydrogen-bond acceptors (Lipinski definition) is 6. The molecule has 0 atom stereocenters. The minimum Gasteiger partial charge on any atom is -0.506 e. The molecule has 0 heterocycles. The van der Waals surface area contributed by atoms with Gasteiger partial charge in [0.05, 0.1) is 18.5 Å². The third-order valence-electron chi connectivity index (χ3n) is 4.36. The van der Waals surface area contributed by atoms with Gasteiger partial charge in [-0.15, -0.1) is 0 Å². The second-order valence-electron chi connectivity index (χ2n) is 6.92. The highest BCUT2D eigenvalue weighted by Gasteiger charge is 2.06. The fourth-order valence-corrected chi connectivity index (χ4v) is 2.80. The lowest BCUT2D eigenvalue weighted by Gasteiger charge is -2.06. The van der Waals surface area contributed by atoms with Crippen molar-refractivity contribution in [1.82, 2.24) is 5.43 Å². The molecule has 0 aliphatic heterocycles. The van der Waals surface area contributed by atoms with E-state index >= 15 is 0 Å². The van der Waals surface area contributed by atoms with Crippen LogP contribution in [0.5, 0.6) is 11.5 Å². The molecule has 0 aliphatic rings. The summed E-state index contributed by atoms with van der Waals surface area (Å²) >= 11 is 0. The maximum atomic E-state index is 11.9. The standard InChI is InChI=1S/C23H29N3O5/c27-14-15-31-19-9-7-8-18(16-19)17-24-26-23(30)13-4-2-1-3-12-22(29)25-20-10-5-6-11-21(20)28/h5-11,16-17,27-28H,1-4,12-15H2,(H,25,29)(H,26,30)/b24-17+. The maximum Gasteiger partial charge on any atom is 0.240 e. The van der Waals surface area contributed by atoms with Gasteiger partial charge in [-0.05, 0) is 42.7 Å². The van der Waals surface area contributed by atoms with Crippen LogP contribution in [-0.4, -0.2) is 41.5 Å². The number of para-hydroxylation sites is 2. The fourth-order valence-electron chi connectivity index (χ4n) is 2.80. The molecule has 166 valence electrons. The Hall–Kier alpha value is -3.39. The minimum atomic E-state index is -0.166. The number of hydrogen-bond donors (Lipinski definition) is 4. The van der Waals surface area contributed by atoms with E-state index in [1.54, 1.807) is 36.4 Å². The van der Waals surface area contributed by atoms with Gasteiger partial charge in [-0.2, -0.15) is 5.10 Å². The number of aromatic hydroxyl groups is 1. The summed E-state index contributed by atoms with van der Waals surface area (Å²) in [5, 5.41) is 25.1. The SMILES string of the molecule is O=C(CCCCCCC(=O)Nc1ccccc1O)N/N=C/c1cccc(OCCO)c1. The first-order valence-corrected chi connectivity index (χ1v) is 10.3. The quantitative estimate of drug-likeness (QED) is 0.169. The van der Waals surface area contributed by atoms with Gasteiger partial charge in [0.15, 0.2) is 0 Å². The molecule has 4 N–H and O–H groups in total. The molecule has 2 rings (SSSR count). The van der Waals surface area contributed by atoms with Crippen molar-refractivity contribution >= 4 is 23.7 Å². The predicted molar refractivity (Wildman–Crippen MR) is 119 cm³/mol. The van der Waals surface area contributed by atoms with Crippen molar-refractivity contribution in [1.29, 1.82) is 0 Å². The minimum absolute atomic E-state index is 0.0484. The molecular formula is C23H29N3O5. The number of aliphatic hydroxyl groups is 1. The summed E-state index contributed by atoms with van der Waals surface area (Å²) in [6.07, 6.45) is 5.37. The lowest BCUT2D eigenvalue weighted by Crippen LogP contribution is -2.17. The van der Waals surface area contributed by atoms with Crippen LogP contribution < -0.4 is 15.5 Å². The number of nitrogens with one attached hydrogen (secondary N) is 2. The average molecular weight is 428 g/mol. The summed E-state index contributed by atoms with van der Waals surface area (Å²) in [7, 11) is 0. The Morgan fingerprint density at radius 3 is 2.45 bits per heavy atom. The normalized spacial score (nSPS) is 10.7. The number of aliphatic hydroxyl groups excluding tert-OH is 1. The predicted octanol–water partition coefficient (Wildman–Crippen LogP) is 3.19. The number of phenols is 1. The largest absolute Gasteiger partial charge is 0.506 e. The van der Waals surface area contributed by atoms with E-state index in [2.05, 4.69) is 15.8 Å². The van der Waals surface area contributed by atoms with Crippen molar-refractivity contribution < 1.29 is 24.5 Å². The van der Waals surface area contributed by atoms with E-state index in [0.717, 1.165) is 18.4 Å². The molecule has 8 heteroatoms. The second-order valence-corrected chi connectivity index (χ2v) is 6.92. The average Bonchev–Trinajstić information content (AvgIpc) is 2.76. The van der Waals surface area contributed by atoms with E-state index in [9.17, 15) is 14.7 Å². The Balaban J connectivity index is 1.55. The first kappa shape index (κ1) is 23.9. The van der Waals surface area contributed by atoms with Gasteiger partial charge in [-0.3, -0.25) is 9.59 Å². The molecule has 2 aromatic carbocycles. The number of unbranched alkanes of at least 4 members (excludes halogenated alkanes) is 3. The zero-order valence-electron chi connectivity index (χ0n) is 17.4. The molecule has 2 amide bonds. The van der Waals surface area contributed by atoms with Crippen LogP contribution in [0.15, 0.2) is 53.6 Å². The van der Waals surface area contributed by atoms with Gasteiger partial charge in [0.2, 0.25) is 11.8 Å². The van der Waals surface area contributed by atoms with Crippen LogP contribution in [0.4, 0.5) is 5.69 Å². The number of hydrazone groups is 1. The number of rotatable bonds is 13. The van der Waals surface area contributed by atoms with Crippen molar-refractivity contribution in [2.75, 3.05) is 18.5 Å². The zero-order valence-corrected chi connectivity index (χ0v) is 17.4. The summed E-state index contributed by atoms with van der Waals surface area (Å²) in [5.41, 5.74) is 3.68. The summed E-state index contributed by atoms with van der Waals surface area (Å²) in [5.74, 6) is 0.367. The number of amides is 2. The highest BCUT2D eigenvalue weighted by Crippen LogP contribution is 2.21. The Bertz CT molecular complexity index is 870. The summed E-state index contributed by atoms with van der Waals surface area (Å²) in [4.78, 5) is 23.7. The van der Waals surface area contributed by atoms with Gasteiger partial charge in [-0.25, -0.2) is 5.43 Å². The Morgan fingerprint density at radius 2 is 1.71 bits per heavy atom. The van der Waals surface area contributed by atoms with Crippen molar-refractivity contribution in [2.45, 2.75) is 38.5 Å². The van der Waals surface area contributed by atoms with Crippen LogP contribution in [0.1, 0.15) is 44.1 Å². The van der Waals surface area contributed by atoms with Crippen LogP contribution >= 0.6 is 0 Å². The van der Waals surface area contributed by atoms with E-state index in [-0.39, 0.29) is 30.8 Å². The van der Waals surface area contributed by atoms with E-state index in [1.807, 2.05) is 6.07 Å². The molecule has 2 aromatic rings. The van der Waals surface area contributed by atoms with Crippen molar-refractivity contribution in [2.24, 2.45) is 5.10 Å². The topological polar surface area (TPSA) is 120 Å². The highest BCUT2D eigenvalue weighted by atomic mass is 16.5. The van der Waals surface area contributed by atoms with Gasteiger partial charge in [0.1, 0.15) is 18.1 Å². The fraction of sp³-hybridized carbons (Fsp3) is 0.348. The molecular weight excluding hydrogens is 398 g/mol. The Labute approximate surface area is 181 Å². The van der Waals surface area contributed by atoms with Crippen LogP contribution in [0.3, 0.4) is 0 Å². The van der Waals surface area contributed by atoms with E-state index in [0.29, 0.717) is 37.1 Å². The summed E-state index contributed by atoms with van der Waals surface area (Å²) < 4.78 is 5.32. The zero-order chi connectivity index (χ0) is 22.3. The lowest BCUT2D eigenvalue weighted by atomic mass is 10.1. The molecule has 0 saturated carbocycles. The highest BCUT2D eigenvalue weighted by molar-refractivity contribution is 5.92. The van der Waals surface area contributed by atoms with Crippen molar-refractivity contribution in [3.8, 4) is 11.5 Å². The van der Waals surface area contributed by atoms with Gasteiger partial charge in [0, 0.05) is 12.8 Å². The van der Waals surface area contributed by atoms with Gasteiger partial charge in [0.25, 0.3) is 0 Å². The van der Waals surface area contributed by atoms with Crippen molar-refractivity contribution in [3.63, 3.8) is 0 Å². The smallest absolute Gasteiger partial charge is 0.240 e. The summed E-state index contributed by atoms with van der Waals surface area (Å²) in [6.45, 7) is 0.165. The lowest BCUT2D eigenvalue weighted by molar-refractivity contribution is -0.121. The van der Waals surface area contributed by atoms with Crippen LogP contribution in [-0.2, 0) is 9.59 Å². The number of anilines is 1. The third kappa shape index (κ3) is 9.77. The number of carbonyl (C=O) groups excluding carboxylic acids is 2. The number of carbonyl (C=O) groups is 2. The van der Waals surface area contributed by atoms with Crippen molar-refractivity contribution in [3.05, 3.63) is 54.1 Å². The first-order chi connectivity index (χ1) is 15.1. The monoisotopic (exact) mass is 427 g/mol. The number of benzene rings is 2. The van der Waals surface area contributed by atoms with Crippen LogP contribution in [0.25, 0.3) is 0 Å². The van der Waals surface area contributed by atoms with Gasteiger partial charge in [-0.1, -0.05) is 37.1 Å². The third-order valence-corrected chi connectivity index (χ3v) is 4.36. The van der Waals surface area contributed by atoms with Gasteiger partial charge < -0.3 is 20.3 Å². The number of phenolic OH excluding ortho intramolecular Hbond substituents is 1. The maximum absolute atomic E-state index is 11.9. The molecule has 0 aromatic heterocycles. The molecule has 0 unspecified atom stereocenters. The second kappa shape index (κ2) is 13.8. The molecule has 0 radical (unpaired) electrons. The van der Waals surface area contributed by atoms with E-state index in [4.69, 9.17) is 9.84 Å². The molecule has 0 fully saturated rings. The Morgan fingerprint density at radius 1 is 0.968 bits per heavy atom. The molecule has 0 spiro atoms. The summed E-state index contributed by atoms with van der Waals surface area (Å²) in [6, 6.07) is 13.8. The molecule has 31 heavy (non-hydrogen) atoms. The molecule has 8 nitrogen and oxygen atoms in total. The Kier molecular flexibility index (Phi) is 10.6. The number of nitrogens with zero attached hydrogens (tertiary/aromatic N) is 1. The number of ether oxygens (including phenoxy) is 1. The molecule has 0 aliphatic carbocycles. The van der Waals surface area contributed by atoms with E-state index in [1.165, 1.54) is 12.3 Å². The van der Waals surface area contributed by atoms with Gasteiger partial charge >= 0.3 is 0 Å².